The van der Waals surface area contributed by atoms with Crippen LogP contribution in [0.1, 0.15) is 259 Å². The molecule has 0 heterocycles. The molecule has 0 aromatic heterocycles. The van der Waals surface area contributed by atoms with Crippen LogP contribution in [-0.2, 0) is 107 Å². The van der Waals surface area contributed by atoms with E-state index in [0.29, 0.717) is 0 Å². The number of aromatic hydroxyl groups is 4. The van der Waals surface area contributed by atoms with Gasteiger partial charge in [-0.05, 0) is 125 Å². The van der Waals surface area contributed by atoms with Crippen molar-refractivity contribution in [3.63, 3.8) is 0 Å². The van der Waals surface area contributed by atoms with Gasteiger partial charge < -0.3 is 39.4 Å². The van der Waals surface area contributed by atoms with E-state index in [0.717, 1.165) is 66.8 Å². The quantitative estimate of drug-likeness (QED) is 0.0485. The number of phenols is 4. The van der Waals surface area contributed by atoms with Crippen LogP contribution < -0.4 is 0 Å². The number of aryl methyl sites for hydroxylation is 4. The van der Waals surface area contributed by atoms with Gasteiger partial charge in [0, 0.05) is 36.8 Å². The maximum atomic E-state index is 14.1. The van der Waals surface area contributed by atoms with Crippen LogP contribution >= 0.6 is 0 Å². The monoisotopic (exact) mass is 1180 g/mol. The van der Waals surface area contributed by atoms with Crippen molar-refractivity contribution in [3.05, 3.63) is 115 Å². The number of hydrogen-bond acceptors (Lipinski definition) is 12. The summed E-state index contributed by atoms with van der Waals surface area (Å²) in [6.07, 6.45) is 0.680. The lowest BCUT2D eigenvalue weighted by Crippen LogP contribution is -2.44. The lowest BCUT2D eigenvalue weighted by molar-refractivity contribution is -0.170. The molecule has 12 nitrogen and oxygen atoms in total. The summed E-state index contributed by atoms with van der Waals surface area (Å²) in [5, 5.41) is 46.2. The molecule has 0 atom stereocenters. The summed E-state index contributed by atoms with van der Waals surface area (Å²) >= 11 is 0. The van der Waals surface area contributed by atoms with E-state index in [1.165, 1.54) is 0 Å². The Labute approximate surface area is 511 Å². The van der Waals surface area contributed by atoms with Crippen LogP contribution in [0.3, 0.4) is 0 Å². The average molecular weight is 1180 g/mol. The van der Waals surface area contributed by atoms with Gasteiger partial charge in [-0.3, -0.25) is 19.2 Å². The van der Waals surface area contributed by atoms with Crippen molar-refractivity contribution in [1.82, 2.24) is 0 Å². The molecule has 0 spiro atoms. The summed E-state index contributed by atoms with van der Waals surface area (Å²) in [4.78, 5) is 56.5. The molecule has 0 radical (unpaired) electrons. The van der Waals surface area contributed by atoms with Crippen LogP contribution in [0.2, 0.25) is 0 Å². The lowest BCUT2D eigenvalue weighted by atomic mass is 9.76. The van der Waals surface area contributed by atoms with Crippen molar-refractivity contribution in [3.8, 4) is 23.0 Å². The fourth-order valence-corrected chi connectivity index (χ4v) is 11.0. The van der Waals surface area contributed by atoms with Crippen LogP contribution in [-0.4, -0.2) is 70.7 Å². The molecule has 4 aromatic carbocycles. The van der Waals surface area contributed by atoms with Crippen LogP contribution in [0.25, 0.3) is 0 Å². The van der Waals surface area contributed by atoms with E-state index < -0.39 is 88.2 Å². The Bertz CT molecular complexity index is 2750. The predicted octanol–water partition coefficient (Wildman–Crippen LogP) is 15.9. The van der Waals surface area contributed by atoms with Crippen molar-refractivity contribution in [1.29, 1.82) is 0 Å². The summed E-state index contributed by atoms with van der Waals surface area (Å²) in [5.74, 6) is -1.62. The first-order valence-corrected chi connectivity index (χ1v) is 30.6. The fourth-order valence-electron chi connectivity index (χ4n) is 11.0. The van der Waals surface area contributed by atoms with Crippen LogP contribution in [0.5, 0.6) is 23.0 Å². The van der Waals surface area contributed by atoms with E-state index >= 15 is 0 Å². The second kappa shape index (κ2) is 26.5. The number of esters is 4. The zero-order valence-corrected chi connectivity index (χ0v) is 56.7. The van der Waals surface area contributed by atoms with Gasteiger partial charge in [-0.15, -0.1) is 0 Å². The van der Waals surface area contributed by atoms with E-state index in [9.17, 15) is 39.6 Å². The Morgan fingerprint density at radius 1 is 0.306 bits per heavy atom. The van der Waals surface area contributed by atoms with E-state index in [1.807, 2.05) is 215 Å². The van der Waals surface area contributed by atoms with Crippen molar-refractivity contribution >= 4 is 23.9 Å². The fraction of sp³-hybridized carbons (Fsp3) is 0.616. The molecule has 4 aromatic rings. The third-order valence-corrected chi connectivity index (χ3v) is 15.8. The number of rotatable bonds is 20. The van der Waals surface area contributed by atoms with Crippen molar-refractivity contribution in [2.45, 2.75) is 261 Å². The highest BCUT2D eigenvalue weighted by atomic mass is 16.6. The number of carbonyl (C=O) groups excluding carboxylic acids is 4. The summed E-state index contributed by atoms with van der Waals surface area (Å²) < 4.78 is 24.4. The van der Waals surface area contributed by atoms with E-state index in [-0.39, 0.29) is 85.2 Å². The van der Waals surface area contributed by atoms with Crippen LogP contribution in [0.15, 0.2) is 48.5 Å². The summed E-state index contributed by atoms with van der Waals surface area (Å²) in [5.41, 5.74) is 4.46. The van der Waals surface area contributed by atoms with E-state index in [2.05, 4.69) is 0 Å². The molecule has 0 fully saturated rings. The molecule has 472 valence electrons. The first-order chi connectivity index (χ1) is 38.5. The first kappa shape index (κ1) is 71.4. The molecular weight excluding hydrogens is 1070 g/mol. The van der Waals surface area contributed by atoms with Gasteiger partial charge in [0.15, 0.2) is 0 Å². The Morgan fingerprint density at radius 3 is 0.741 bits per heavy atom. The molecule has 0 saturated carbocycles. The molecule has 0 unspecified atom stereocenters. The van der Waals surface area contributed by atoms with Gasteiger partial charge in [0.25, 0.3) is 0 Å². The van der Waals surface area contributed by atoms with Gasteiger partial charge in [-0.1, -0.05) is 215 Å². The van der Waals surface area contributed by atoms with E-state index in [4.69, 9.17) is 18.9 Å². The van der Waals surface area contributed by atoms with Gasteiger partial charge in [0.1, 0.15) is 54.8 Å². The zero-order valence-electron chi connectivity index (χ0n) is 56.7. The molecule has 0 aliphatic heterocycles. The Hall–Kier alpha value is -6.04. The van der Waals surface area contributed by atoms with Crippen molar-refractivity contribution < 1.29 is 58.6 Å². The number of phenolic OH excluding ortho intramolecular Hbond substituents is 4. The molecule has 4 rings (SSSR count). The Balaban J connectivity index is 1.77. The number of ether oxygens (including phenoxy) is 4. The molecule has 0 saturated heterocycles. The molecule has 85 heavy (non-hydrogen) atoms. The summed E-state index contributed by atoms with van der Waals surface area (Å²) in [6.45, 7) is 46.7. The minimum atomic E-state index is -1.60. The summed E-state index contributed by atoms with van der Waals surface area (Å²) in [6, 6.07) is 15.3. The number of hydrogen-bond donors (Lipinski definition) is 4. The second-order valence-electron chi connectivity index (χ2n) is 32.2. The SMILES string of the molecule is CC(C)(C)c1cc(CCC(=O)OCC(COC(=O)CCc2cc(C(C)(C)C)c(O)c(C(C)(C)C)c2)(COC(=O)CCc2ccc(C(C)(C)C)c(O)c2C(C)(C)C)COC(=O)CCc2ccc(C(C)(C)C)c(O)c2C(C)(C)C)cc(C(C)(C)C)c1O. The van der Waals surface area contributed by atoms with Gasteiger partial charge >= 0.3 is 23.9 Å². The third-order valence-electron chi connectivity index (χ3n) is 15.8. The Kier molecular flexibility index (Phi) is 22.3. The van der Waals surface area contributed by atoms with Gasteiger partial charge in [0.2, 0.25) is 0 Å². The highest BCUT2D eigenvalue weighted by molar-refractivity contribution is 5.72. The van der Waals surface area contributed by atoms with Gasteiger partial charge in [0.05, 0.1) is 0 Å². The molecule has 0 amide bonds. The second-order valence-corrected chi connectivity index (χ2v) is 32.2. The van der Waals surface area contributed by atoms with Crippen molar-refractivity contribution in [2.75, 3.05) is 26.4 Å². The maximum Gasteiger partial charge on any atom is 0.306 e. The minimum absolute atomic E-state index is 0.0684. The Morgan fingerprint density at radius 2 is 0.529 bits per heavy atom. The third kappa shape index (κ3) is 19.5. The van der Waals surface area contributed by atoms with Gasteiger partial charge in [-0.2, -0.15) is 0 Å². The minimum Gasteiger partial charge on any atom is -0.507 e. The molecule has 4 N–H and O–H groups in total. The number of benzene rings is 4. The molecule has 12 heteroatoms. The maximum absolute atomic E-state index is 14.1. The smallest absolute Gasteiger partial charge is 0.306 e. The largest absolute Gasteiger partial charge is 0.507 e. The number of carbonyl (C=O) groups is 4. The average Bonchev–Trinajstić information content (AvgIpc) is 1.54. The van der Waals surface area contributed by atoms with Crippen molar-refractivity contribution in [2.24, 2.45) is 5.41 Å². The highest BCUT2D eigenvalue weighted by Gasteiger charge is 2.39. The first-order valence-electron chi connectivity index (χ1n) is 30.6. The predicted molar refractivity (Wildman–Crippen MR) is 342 cm³/mol. The molecule has 0 aliphatic carbocycles. The molecule has 0 aliphatic rings. The molecular formula is C73H108O12. The molecule has 0 bridgehead atoms. The normalized spacial score (nSPS) is 13.2. The van der Waals surface area contributed by atoms with Gasteiger partial charge in [-0.25, -0.2) is 0 Å². The lowest BCUT2D eigenvalue weighted by Gasteiger charge is -2.32. The zero-order chi connectivity index (χ0) is 65.0. The summed E-state index contributed by atoms with van der Waals surface area (Å²) in [7, 11) is 0. The standard InChI is InChI=1S/C73H108O12/c1-65(2,3)49-31-27-47(59(63(49)80)71(19,20)21)29-35-57(76)84-43-73(41-82-55(74)33-25-45-37-51(67(7,8)9)61(78)52(38-45)68(10,11)12,42-83-56(75)34-26-46-39-53(69(13,14)15)62(79)54(40-46)70(16,17)18)44-85-58(77)36-30-48-28-32-50(66(4,5)6)64(81)60(48)72(22,23)24/h27-28,31-32,37-40,78-81H,25-26,29-30,33-36,41-44H2,1-24H3. The highest BCUT2D eigenvalue weighted by Crippen LogP contribution is 2.45. The van der Waals surface area contributed by atoms with Crippen LogP contribution in [0, 0.1) is 5.41 Å². The van der Waals surface area contributed by atoms with E-state index in [1.54, 1.807) is 0 Å². The van der Waals surface area contributed by atoms with Crippen LogP contribution in [0.4, 0.5) is 0 Å². The topological polar surface area (TPSA) is 186 Å².